The van der Waals surface area contributed by atoms with Gasteiger partial charge in [0.15, 0.2) is 0 Å². The average molecular weight is 255 g/mol. The molecule has 0 saturated heterocycles. The van der Waals surface area contributed by atoms with Crippen LogP contribution in [0.5, 0.6) is 0 Å². The fourth-order valence-electron chi connectivity index (χ4n) is 1.88. The number of benzene rings is 2. The number of ether oxygens (including phenoxy) is 1. The van der Waals surface area contributed by atoms with E-state index in [9.17, 15) is 4.79 Å². The summed E-state index contributed by atoms with van der Waals surface area (Å²) >= 11 is 0. The minimum Gasteiger partial charge on any atom is -0.454 e. The molecule has 3 heteroatoms. The van der Waals surface area contributed by atoms with Crippen molar-refractivity contribution >= 4 is 11.7 Å². The van der Waals surface area contributed by atoms with E-state index < -0.39 is 0 Å². The first kappa shape index (κ1) is 13.1. The topological polar surface area (TPSA) is 52.3 Å². The molecule has 0 spiro atoms. The quantitative estimate of drug-likeness (QED) is 0.674. The van der Waals surface area contributed by atoms with Crippen molar-refractivity contribution in [3.8, 4) is 0 Å². The van der Waals surface area contributed by atoms with Crippen molar-refractivity contribution in [1.82, 2.24) is 0 Å². The van der Waals surface area contributed by atoms with Gasteiger partial charge in [-0.3, -0.25) is 0 Å². The molecule has 0 aromatic heterocycles. The van der Waals surface area contributed by atoms with Gasteiger partial charge in [-0.05, 0) is 37.1 Å². The van der Waals surface area contributed by atoms with Crippen molar-refractivity contribution in [2.24, 2.45) is 0 Å². The lowest BCUT2D eigenvalue weighted by molar-refractivity contribution is 0.0337. The van der Waals surface area contributed by atoms with E-state index in [1.807, 2.05) is 50.2 Å². The summed E-state index contributed by atoms with van der Waals surface area (Å²) in [6.07, 6.45) is -0.283. The monoisotopic (exact) mass is 255 g/mol. The van der Waals surface area contributed by atoms with Crippen LogP contribution in [0.1, 0.15) is 34.5 Å². The van der Waals surface area contributed by atoms with Crippen molar-refractivity contribution in [1.29, 1.82) is 0 Å². The molecule has 0 aliphatic heterocycles. The predicted octanol–water partition coefficient (Wildman–Crippen LogP) is 3.50. The Kier molecular flexibility index (Phi) is 3.85. The number of anilines is 1. The summed E-state index contributed by atoms with van der Waals surface area (Å²) < 4.78 is 5.46. The van der Waals surface area contributed by atoms with E-state index in [1.54, 1.807) is 12.1 Å². The highest BCUT2D eigenvalue weighted by molar-refractivity contribution is 5.92. The summed E-state index contributed by atoms with van der Waals surface area (Å²) in [4.78, 5) is 12.1. The molecule has 0 heterocycles. The number of rotatable bonds is 3. The fourth-order valence-corrected chi connectivity index (χ4v) is 1.88. The van der Waals surface area contributed by atoms with Crippen molar-refractivity contribution in [3.63, 3.8) is 0 Å². The maximum atomic E-state index is 12.1. The Bertz CT molecular complexity index is 579. The van der Waals surface area contributed by atoms with Gasteiger partial charge in [-0.1, -0.05) is 36.4 Å². The van der Waals surface area contributed by atoms with Crippen LogP contribution in [0.2, 0.25) is 0 Å². The third kappa shape index (κ3) is 3.13. The molecule has 2 aromatic carbocycles. The first-order valence-electron chi connectivity index (χ1n) is 6.20. The SMILES string of the molecule is Cc1ccc(N)cc1C(=O)OC(C)c1ccccc1. The highest BCUT2D eigenvalue weighted by Gasteiger charge is 2.15. The van der Waals surface area contributed by atoms with Gasteiger partial charge in [0.2, 0.25) is 0 Å². The molecule has 0 amide bonds. The molecule has 98 valence electrons. The second-order valence-electron chi connectivity index (χ2n) is 4.53. The Balaban J connectivity index is 2.15. The number of carbonyl (C=O) groups is 1. The summed E-state index contributed by atoms with van der Waals surface area (Å²) in [7, 11) is 0. The number of nitrogen functional groups attached to an aromatic ring is 1. The van der Waals surface area contributed by atoms with Gasteiger partial charge < -0.3 is 10.5 Å². The van der Waals surface area contributed by atoms with Crippen LogP contribution in [0.4, 0.5) is 5.69 Å². The molecule has 2 aromatic rings. The highest BCUT2D eigenvalue weighted by atomic mass is 16.5. The Labute approximate surface area is 113 Å². The molecule has 0 aliphatic carbocycles. The lowest BCUT2D eigenvalue weighted by Crippen LogP contribution is -2.11. The van der Waals surface area contributed by atoms with E-state index in [0.29, 0.717) is 11.3 Å². The minimum absolute atomic E-state index is 0.283. The Morgan fingerprint density at radius 3 is 2.53 bits per heavy atom. The van der Waals surface area contributed by atoms with Gasteiger partial charge in [0.25, 0.3) is 0 Å². The molecule has 2 rings (SSSR count). The lowest BCUT2D eigenvalue weighted by Gasteiger charge is -2.14. The van der Waals surface area contributed by atoms with Crippen LogP contribution in [-0.2, 0) is 4.74 Å². The van der Waals surface area contributed by atoms with Crippen LogP contribution in [0.3, 0.4) is 0 Å². The van der Waals surface area contributed by atoms with E-state index in [1.165, 1.54) is 0 Å². The van der Waals surface area contributed by atoms with Crippen LogP contribution in [0.25, 0.3) is 0 Å². The van der Waals surface area contributed by atoms with E-state index in [0.717, 1.165) is 11.1 Å². The maximum Gasteiger partial charge on any atom is 0.339 e. The van der Waals surface area contributed by atoms with E-state index in [2.05, 4.69) is 0 Å². The van der Waals surface area contributed by atoms with Gasteiger partial charge in [-0.2, -0.15) is 0 Å². The maximum absolute atomic E-state index is 12.1. The molecule has 0 fully saturated rings. The summed E-state index contributed by atoms with van der Waals surface area (Å²) in [5.41, 5.74) is 8.61. The number of hydrogen-bond acceptors (Lipinski definition) is 3. The van der Waals surface area contributed by atoms with Gasteiger partial charge in [0.1, 0.15) is 6.10 Å². The smallest absolute Gasteiger partial charge is 0.339 e. The first-order chi connectivity index (χ1) is 9.08. The van der Waals surface area contributed by atoms with Gasteiger partial charge >= 0.3 is 5.97 Å². The standard InChI is InChI=1S/C16H17NO2/c1-11-8-9-14(17)10-15(11)16(18)19-12(2)13-6-4-3-5-7-13/h3-10,12H,17H2,1-2H3. The van der Waals surface area contributed by atoms with E-state index in [4.69, 9.17) is 10.5 Å². The number of esters is 1. The van der Waals surface area contributed by atoms with Crippen LogP contribution in [0.15, 0.2) is 48.5 Å². The fraction of sp³-hybridized carbons (Fsp3) is 0.188. The van der Waals surface area contributed by atoms with Crippen LogP contribution >= 0.6 is 0 Å². The summed E-state index contributed by atoms with van der Waals surface area (Å²) in [5.74, 6) is -0.346. The molecule has 0 saturated carbocycles. The number of nitrogens with two attached hydrogens (primary N) is 1. The van der Waals surface area contributed by atoms with E-state index >= 15 is 0 Å². The van der Waals surface area contributed by atoms with Gasteiger partial charge in [0.05, 0.1) is 5.56 Å². The molecular weight excluding hydrogens is 238 g/mol. The third-order valence-electron chi connectivity index (χ3n) is 3.03. The molecular formula is C16H17NO2. The van der Waals surface area contributed by atoms with Crippen molar-refractivity contribution < 1.29 is 9.53 Å². The number of aryl methyl sites for hydroxylation is 1. The third-order valence-corrected chi connectivity index (χ3v) is 3.03. The van der Waals surface area contributed by atoms with Gasteiger partial charge in [-0.25, -0.2) is 4.79 Å². The molecule has 2 N–H and O–H groups in total. The second-order valence-corrected chi connectivity index (χ2v) is 4.53. The number of carbonyl (C=O) groups excluding carboxylic acids is 1. The number of hydrogen-bond donors (Lipinski definition) is 1. The van der Waals surface area contributed by atoms with E-state index in [-0.39, 0.29) is 12.1 Å². The summed E-state index contributed by atoms with van der Waals surface area (Å²) in [5, 5.41) is 0. The molecule has 1 unspecified atom stereocenters. The Hall–Kier alpha value is -2.29. The molecule has 0 aliphatic rings. The molecule has 3 nitrogen and oxygen atoms in total. The van der Waals surface area contributed by atoms with Crippen LogP contribution < -0.4 is 5.73 Å². The largest absolute Gasteiger partial charge is 0.454 e. The van der Waals surface area contributed by atoms with Gasteiger partial charge in [0, 0.05) is 5.69 Å². The molecule has 19 heavy (non-hydrogen) atoms. The Morgan fingerprint density at radius 2 is 1.84 bits per heavy atom. The molecule has 0 radical (unpaired) electrons. The lowest BCUT2D eigenvalue weighted by atomic mass is 10.1. The Morgan fingerprint density at radius 1 is 1.16 bits per heavy atom. The zero-order valence-corrected chi connectivity index (χ0v) is 11.1. The predicted molar refractivity (Wildman–Crippen MR) is 75.9 cm³/mol. The van der Waals surface area contributed by atoms with Crippen molar-refractivity contribution in [3.05, 3.63) is 65.2 Å². The second kappa shape index (κ2) is 5.57. The van der Waals surface area contributed by atoms with Crippen molar-refractivity contribution in [2.75, 3.05) is 5.73 Å². The normalized spacial score (nSPS) is 11.9. The average Bonchev–Trinajstić information content (AvgIpc) is 2.42. The summed E-state index contributed by atoms with van der Waals surface area (Å²) in [6.45, 7) is 3.72. The molecule has 0 bridgehead atoms. The minimum atomic E-state index is -0.346. The van der Waals surface area contributed by atoms with Gasteiger partial charge in [-0.15, -0.1) is 0 Å². The molecule has 1 atom stereocenters. The van der Waals surface area contributed by atoms with Crippen LogP contribution in [-0.4, -0.2) is 5.97 Å². The zero-order valence-electron chi connectivity index (χ0n) is 11.1. The zero-order chi connectivity index (χ0) is 13.8. The summed E-state index contributed by atoms with van der Waals surface area (Å²) in [6, 6.07) is 14.9. The van der Waals surface area contributed by atoms with Crippen molar-refractivity contribution in [2.45, 2.75) is 20.0 Å². The highest BCUT2D eigenvalue weighted by Crippen LogP contribution is 2.20. The first-order valence-corrected chi connectivity index (χ1v) is 6.20. The van der Waals surface area contributed by atoms with Crippen LogP contribution in [0, 0.1) is 6.92 Å².